The molecule has 1 heterocycles. The predicted octanol–water partition coefficient (Wildman–Crippen LogP) is 4.12. The minimum Gasteiger partial charge on any atom is -0.388 e. The molecule has 2 aromatic rings. The van der Waals surface area contributed by atoms with Crippen LogP contribution in [-0.2, 0) is 6.42 Å². The molecule has 0 bridgehead atoms. The van der Waals surface area contributed by atoms with Gasteiger partial charge in [-0.1, -0.05) is 0 Å². The first-order valence-corrected chi connectivity index (χ1v) is 7.65. The van der Waals surface area contributed by atoms with Gasteiger partial charge in [-0.25, -0.2) is 0 Å². The zero-order valence-corrected chi connectivity index (χ0v) is 13.3. The van der Waals surface area contributed by atoms with Gasteiger partial charge in [-0.3, -0.25) is 10.1 Å². The molecule has 0 saturated heterocycles. The van der Waals surface area contributed by atoms with E-state index < -0.39 is 0 Å². The van der Waals surface area contributed by atoms with Crippen molar-refractivity contribution >= 4 is 44.3 Å². The van der Waals surface area contributed by atoms with Crippen LogP contribution in [0.25, 0.3) is 0 Å². The highest BCUT2D eigenvalue weighted by Crippen LogP contribution is 2.25. The van der Waals surface area contributed by atoms with Crippen molar-refractivity contribution in [3.8, 4) is 0 Å². The van der Waals surface area contributed by atoms with Crippen LogP contribution in [0.2, 0.25) is 0 Å². The maximum Gasteiger partial charge on any atom is 0.273 e. The van der Waals surface area contributed by atoms with Gasteiger partial charge in [0.15, 0.2) is 0 Å². The SMILES string of the molecule is CNc1cc(NCCc2ccc(Br)s2)cc([N+](=O)[O-])c1. The Labute approximate surface area is 129 Å². The van der Waals surface area contributed by atoms with Crippen molar-refractivity contribution in [1.82, 2.24) is 0 Å². The Bertz CT molecular complexity index is 615. The number of hydrogen-bond donors (Lipinski definition) is 2. The van der Waals surface area contributed by atoms with E-state index in [1.54, 1.807) is 24.5 Å². The average Bonchev–Trinajstić information content (AvgIpc) is 2.84. The van der Waals surface area contributed by atoms with Crippen molar-refractivity contribution in [2.24, 2.45) is 0 Å². The number of nitrogens with one attached hydrogen (secondary N) is 2. The fourth-order valence-electron chi connectivity index (χ4n) is 1.78. The summed E-state index contributed by atoms with van der Waals surface area (Å²) in [7, 11) is 1.74. The quantitative estimate of drug-likeness (QED) is 0.604. The van der Waals surface area contributed by atoms with E-state index >= 15 is 0 Å². The maximum atomic E-state index is 10.9. The van der Waals surface area contributed by atoms with Crippen molar-refractivity contribution in [1.29, 1.82) is 0 Å². The molecule has 106 valence electrons. The highest BCUT2D eigenvalue weighted by molar-refractivity contribution is 9.11. The van der Waals surface area contributed by atoms with Gasteiger partial charge in [-0.2, -0.15) is 0 Å². The standard InChI is InChI=1S/C13H14BrN3O2S/c1-15-9-6-10(8-11(7-9)17(18)19)16-5-4-12-2-3-13(14)20-12/h2-3,6-8,15-16H,4-5H2,1H3. The first-order valence-electron chi connectivity index (χ1n) is 6.04. The van der Waals surface area contributed by atoms with E-state index in [1.165, 1.54) is 10.9 Å². The number of thiophene rings is 1. The number of halogens is 1. The number of nitro benzene ring substituents is 1. The second-order valence-corrected chi connectivity index (χ2v) is 6.71. The molecule has 7 heteroatoms. The summed E-state index contributed by atoms with van der Waals surface area (Å²) in [6.45, 7) is 0.733. The summed E-state index contributed by atoms with van der Waals surface area (Å²) < 4.78 is 1.11. The van der Waals surface area contributed by atoms with Gasteiger partial charge in [0.2, 0.25) is 0 Å². The molecule has 2 N–H and O–H groups in total. The summed E-state index contributed by atoms with van der Waals surface area (Å²) in [5.41, 5.74) is 1.55. The number of non-ortho nitro benzene ring substituents is 1. The van der Waals surface area contributed by atoms with Crippen LogP contribution < -0.4 is 10.6 Å². The van der Waals surface area contributed by atoms with E-state index in [9.17, 15) is 10.1 Å². The van der Waals surface area contributed by atoms with Gasteiger partial charge < -0.3 is 10.6 Å². The van der Waals surface area contributed by atoms with Crippen molar-refractivity contribution < 1.29 is 4.92 Å². The van der Waals surface area contributed by atoms with Crippen molar-refractivity contribution in [2.75, 3.05) is 24.2 Å². The first kappa shape index (κ1) is 14.8. The topological polar surface area (TPSA) is 67.2 Å². The van der Waals surface area contributed by atoms with Crippen molar-refractivity contribution in [3.63, 3.8) is 0 Å². The van der Waals surface area contributed by atoms with Gasteiger partial charge in [0.25, 0.3) is 5.69 Å². The van der Waals surface area contributed by atoms with Crippen molar-refractivity contribution in [3.05, 3.63) is 49.1 Å². The van der Waals surface area contributed by atoms with E-state index in [1.807, 2.05) is 12.1 Å². The Morgan fingerprint density at radius 2 is 2.05 bits per heavy atom. The number of rotatable bonds is 6. The summed E-state index contributed by atoms with van der Waals surface area (Å²) in [4.78, 5) is 11.7. The fourth-order valence-corrected chi connectivity index (χ4v) is 3.26. The van der Waals surface area contributed by atoms with E-state index in [2.05, 4.69) is 32.6 Å². The third-order valence-corrected chi connectivity index (χ3v) is 4.43. The zero-order chi connectivity index (χ0) is 14.5. The highest BCUT2D eigenvalue weighted by atomic mass is 79.9. The third-order valence-electron chi connectivity index (χ3n) is 2.75. The number of nitro groups is 1. The molecule has 0 spiro atoms. The lowest BCUT2D eigenvalue weighted by Gasteiger charge is -2.08. The molecule has 1 aromatic heterocycles. The molecule has 2 rings (SSSR count). The van der Waals surface area contributed by atoms with Crippen LogP contribution >= 0.6 is 27.3 Å². The minimum atomic E-state index is -0.387. The number of hydrogen-bond acceptors (Lipinski definition) is 5. The lowest BCUT2D eigenvalue weighted by molar-refractivity contribution is -0.384. The first-order chi connectivity index (χ1) is 9.58. The van der Waals surface area contributed by atoms with E-state index in [0.717, 1.165) is 28.1 Å². The monoisotopic (exact) mass is 355 g/mol. The molecule has 20 heavy (non-hydrogen) atoms. The van der Waals surface area contributed by atoms with Gasteiger partial charge >= 0.3 is 0 Å². The molecule has 0 radical (unpaired) electrons. The molecular formula is C13H14BrN3O2S. The largest absolute Gasteiger partial charge is 0.388 e. The van der Waals surface area contributed by atoms with E-state index in [-0.39, 0.29) is 10.6 Å². The number of benzene rings is 1. The van der Waals surface area contributed by atoms with Crippen molar-refractivity contribution in [2.45, 2.75) is 6.42 Å². The fraction of sp³-hybridized carbons (Fsp3) is 0.231. The summed E-state index contributed by atoms with van der Waals surface area (Å²) >= 11 is 5.12. The van der Waals surface area contributed by atoms with Crippen LogP contribution in [0, 0.1) is 10.1 Å². The normalized spacial score (nSPS) is 10.3. The lowest BCUT2D eigenvalue weighted by atomic mass is 10.2. The Kier molecular flexibility index (Phi) is 4.97. The Balaban J connectivity index is 2.01. The van der Waals surface area contributed by atoms with Crippen LogP contribution in [0.3, 0.4) is 0 Å². The van der Waals surface area contributed by atoms with E-state index in [4.69, 9.17) is 0 Å². The van der Waals surface area contributed by atoms with Crippen LogP contribution in [-0.4, -0.2) is 18.5 Å². The molecule has 5 nitrogen and oxygen atoms in total. The molecule has 0 fully saturated rings. The van der Waals surface area contributed by atoms with Gasteiger partial charge in [-0.05, 0) is 40.5 Å². The molecule has 0 saturated carbocycles. The van der Waals surface area contributed by atoms with Crippen LogP contribution in [0.1, 0.15) is 4.88 Å². The molecular weight excluding hydrogens is 342 g/mol. The second kappa shape index (κ2) is 6.71. The lowest BCUT2D eigenvalue weighted by Crippen LogP contribution is -2.05. The second-order valence-electron chi connectivity index (χ2n) is 4.16. The molecule has 0 unspecified atom stereocenters. The minimum absolute atomic E-state index is 0.0817. The van der Waals surface area contributed by atoms with Gasteiger partial charge in [-0.15, -0.1) is 11.3 Å². The predicted molar refractivity (Wildman–Crippen MR) is 86.9 cm³/mol. The molecule has 0 aliphatic heterocycles. The van der Waals surface area contributed by atoms with E-state index in [0.29, 0.717) is 0 Å². The summed E-state index contributed by atoms with van der Waals surface area (Å²) in [5, 5.41) is 17.0. The van der Waals surface area contributed by atoms with Gasteiger partial charge in [0.1, 0.15) is 0 Å². The number of anilines is 2. The molecule has 0 amide bonds. The smallest absolute Gasteiger partial charge is 0.273 e. The highest BCUT2D eigenvalue weighted by Gasteiger charge is 2.09. The van der Waals surface area contributed by atoms with Gasteiger partial charge in [0, 0.05) is 42.0 Å². The average molecular weight is 356 g/mol. The molecule has 0 atom stereocenters. The van der Waals surface area contributed by atoms with Crippen LogP contribution in [0.4, 0.5) is 17.1 Å². The number of nitrogens with zero attached hydrogens (tertiary/aromatic N) is 1. The summed E-state index contributed by atoms with van der Waals surface area (Å²) in [5.74, 6) is 0. The zero-order valence-electron chi connectivity index (χ0n) is 10.9. The molecule has 0 aliphatic carbocycles. The summed E-state index contributed by atoms with van der Waals surface area (Å²) in [6, 6.07) is 9.01. The van der Waals surface area contributed by atoms with Gasteiger partial charge in [0.05, 0.1) is 8.71 Å². The summed E-state index contributed by atoms with van der Waals surface area (Å²) in [6.07, 6.45) is 0.883. The Morgan fingerprint density at radius 1 is 1.30 bits per heavy atom. The third kappa shape index (κ3) is 3.94. The molecule has 0 aliphatic rings. The van der Waals surface area contributed by atoms with Crippen LogP contribution in [0.15, 0.2) is 34.1 Å². The Hall–Kier alpha value is -1.60. The molecule has 1 aromatic carbocycles. The van der Waals surface area contributed by atoms with Crippen LogP contribution in [0.5, 0.6) is 0 Å². The maximum absolute atomic E-state index is 10.9. The Morgan fingerprint density at radius 3 is 2.65 bits per heavy atom.